The van der Waals surface area contributed by atoms with E-state index in [9.17, 15) is 13.2 Å². The van der Waals surface area contributed by atoms with Gasteiger partial charge in [0.25, 0.3) is 15.9 Å². The molecule has 3 aromatic rings. The van der Waals surface area contributed by atoms with Gasteiger partial charge >= 0.3 is 0 Å². The summed E-state index contributed by atoms with van der Waals surface area (Å²) in [4.78, 5) is 12.2. The molecule has 2 N–H and O–H groups in total. The lowest BCUT2D eigenvalue weighted by Gasteiger charge is -2.13. The lowest BCUT2D eigenvalue weighted by Crippen LogP contribution is -2.20. The number of benzene rings is 3. The fourth-order valence-electron chi connectivity index (χ4n) is 2.61. The summed E-state index contributed by atoms with van der Waals surface area (Å²) in [5.41, 5.74) is 1.31. The summed E-state index contributed by atoms with van der Waals surface area (Å²) in [6.07, 6.45) is 0. The third kappa shape index (κ3) is 6.27. The van der Waals surface area contributed by atoms with Gasteiger partial charge in [0.2, 0.25) is 0 Å². The van der Waals surface area contributed by atoms with E-state index in [4.69, 9.17) is 39.5 Å². The van der Waals surface area contributed by atoms with Crippen molar-refractivity contribution in [2.45, 2.75) is 11.8 Å². The molecule has 0 atom stereocenters. The third-order valence-electron chi connectivity index (χ3n) is 4.11. The Balaban J connectivity index is 1.65. The number of hydrogen-bond acceptors (Lipinski definition) is 4. The molecule has 31 heavy (non-hydrogen) atoms. The molecule has 0 saturated heterocycles. The number of aryl methyl sites for hydroxylation is 1. The minimum atomic E-state index is -3.80. The Hall–Kier alpha value is -2.45. The van der Waals surface area contributed by atoms with Gasteiger partial charge in [-0.3, -0.25) is 9.52 Å². The van der Waals surface area contributed by atoms with Crippen molar-refractivity contribution in [3.05, 3.63) is 81.3 Å². The van der Waals surface area contributed by atoms with Gasteiger partial charge in [-0.2, -0.15) is 0 Å². The van der Waals surface area contributed by atoms with Crippen molar-refractivity contribution >= 4 is 62.1 Å². The van der Waals surface area contributed by atoms with Gasteiger partial charge in [0, 0.05) is 15.7 Å². The molecule has 0 aliphatic carbocycles. The van der Waals surface area contributed by atoms with E-state index < -0.39 is 15.9 Å². The second kappa shape index (κ2) is 9.78. The van der Waals surface area contributed by atoms with E-state index >= 15 is 0 Å². The number of halogens is 3. The number of ether oxygens (including phenoxy) is 1. The number of sulfonamides is 1. The Morgan fingerprint density at radius 2 is 1.61 bits per heavy atom. The van der Waals surface area contributed by atoms with Crippen LogP contribution in [0.15, 0.2) is 65.6 Å². The average Bonchev–Trinajstić information content (AvgIpc) is 2.71. The molecule has 0 heterocycles. The molecule has 0 aliphatic heterocycles. The van der Waals surface area contributed by atoms with Crippen molar-refractivity contribution in [1.82, 2.24) is 0 Å². The molecule has 0 unspecified atom stereocenters. The molecule has 0 fully saturated rings. The zero-order valence-corrected chi connectivity index (χ0v) is 19.2. The molecule has 0 aromatic heterocycles. The van der Waals surface area contributed by atoms with Crippen molar-refractivity contribution in [3.8, 4) is 5.75 Å². The molecule has 3 aromatic carbocycles. The van der Waals surface area contributed by atoms with Crippen LogP contribution >= 0.6 is 34.8 Å². The maximum absolute atomic E-state index is 12.6. The van der Waals surface area contributed by atoms with E-state index in [1.165, 1.54) is 24.3 Å². The quantitative estimate of drug-likeness (QED) is 0.432. The van der Waals surface area contributed by atoms with E-state index in [1.54, 1.807) is 43.3 Å². The normalized spacial score (nSPS) is 11.1. The van der Waals surface area contributed by atoms with Gasteiger partial charge in [-0.25, -0.2) is 8.42 Å². The third-order valence-corrected chi connectivity index (χ3v) is 6.31. The topological polar surface area (TPSA) is 84.5 Å². The van der Waals surface area contributed by atoms with Gasteiger partial charge in [0.1, 0.15) is 5.75 Å². The summed E-state index contributed by atoms with van der Waals surface area (Å²) >= 11 is 17.7. The standard InChI is InChI=1S/C21H17Cl3N2O4S/c1-13-10-17(31(28,29)26-16-5-2-14(22)3-6-16)7-9-20(13)30-12-21(27)25-19-11-15(23)4-8-18(19)24/h2-11,26H,12H2,1H3,(H,25,27). The first-order valence-corrected chi connectivity index (χ1v) is 11.5. The SMILES string of the molecule is Cc1cc(S(=O)(=O)Nc2ccc(Cl)cc2)ccc1OCC(=O)Nc1cc(Cl)ccc1Cl. The summed E-state index contributed by atoms with van der Waals surface area (Å²) in [6.45, 7) is 1.39. The van der Waals surface area contributed by atoms with E-state index in [-0.39, 0.29) is 11.5 Å². The van der Waals surface area contributed by atoms with Crippen LogP contribution in [-0.4, -0.2) is 20.9 Å². The van der Waals surface area contributed by atoms with Crippen LogP contribution in [0.5, 0.6) is 5.75 Å². The minimum absolute atomic E-state index is 0.0578. The molecule has 0 aliphatic rings. The molecule has 3 rings (SSSR count). The van der Waals surface area contributed by atoms with Crippen molar-refractivity contribution in [1.29, 1.82) is 0 Å². The first kappa shape index (κ1) is 23.2. The van der Waals surface area contributed by atoms with Crippen LogP contribution in [0.2, 0.25) is 15.1 Å². The van der Waals surface area contributed by atoms with Crippen LogP contribution in [0.4, 0.5) is 11.4 Å². The Bertz CT molecular complexity index is 1220. The zero-order chi connectivity index (χ0) is 22.6. The zero-order valence-electron chi connectivity index (χ0n) is 16.2. The maximum atomic E-state index is 12.6. The smallest absolute Gasteiger partial charge is 0.262 e. The van der Waals surface area contributed by atoms with Crippen molar-refractivity contribution in [2.75, 3.05) is 16.6 Å². The molecule has 162 valence electrons. The molecule has 0 bridgehead atoms. The first-order chi connectivity index (χ1) is 14.6. The van der Waals surface area contributed by atoms with Crippen LogP contribution in [0.1, 0.15) is 5.56 Å². The average molecular weight is 500 g/mol. The number of nitrogens with one attached hydrogen (secondary N) is 2. The summed E-state index contributed by atoms with van der Waals surface area (Å²) in [6, 6.07) is 15.4. The van der Waals surface area contributed by atoms with Crippen molar-refractivity contribution in [2.24, 2.45) is 0 Å². The number of amides is 1. The Kier molecular flexibility index (Phi) is 7.33. The number of anilines is 2. The Morgan fingerprint density at radius 1 is 0.935 bits per heavy atom. The van der Waals surface area contributed by atoms with Crippen LogP contribution in [-0.2, 0) is 14.8 Å². The molecule has 0 saturated carbocycles. The highest BCUT2D eigenvalue weighted by molar-refractivity contribution is 7.92. The molecule has 6 nitrogen and oxygen atoms in total. The van der Waals surface area contributed by atoms with Gasteiger partial charge in [-0.15, -0.1) is 0 Å². The van der Waals surface area contributed by atoms with E-state index in [0.29, 0.717) is 37.8 Å². The van der Waals surface area contributed by atoms with Crippen LogP contribution in [0.25, 0.3) is 0 Å². The molecule has 0 radical (unpaired) electrons. The highest BCUT2D eigenvalue weighted by Crippen LogP contribution is 2.26. The highest BCUT2D eigenvalue weighted by Gasteiger charge is 2.16. The van der Waals surface area contributed by atoms with Gasteiger partial charge < -0.3 is 10.1 Å². The Morgan fingerprint density at radius 3 is 2.29 bits per heavy atom. The second-order valence-corrected chi connectivity index (χ2v) is 9.46. The molecule has 1 amide bonds. The van der Waals surface area contributed by atoms with Crippen LogP contribution < -0.4 is 14.8 Å². The van der Waals surface area contributed by atoms with E-state index in [1.807, 2.05) is 0 Å². The predicted molar refractivity (Wildman–Crippen MR) is 124 cm³/mol. The second-order valence-electron chi connectivity index (χ2n) is 6.50. The van der Waals surface area contributed by atoms with Gasteiger partial charge in [-0.05, 0) is 73.2 Å². The number of rotatable bonds is 7. The maximum Gasteiger partial charge on any atom is 0.262 e. The lowest BCUT2D eigenvalue weighted by molar-refractivity contribution is -0.118. The minimum Gasteiger partial charge on any atom is -0.483 e. The van der Waals surface area contributed by atoms with E-state index in [0.717, 1.165) is 0 Å². The molecule has 10 heteroatoms. The van der Waals surface area contributed by atoms with Gasteiger partial charge in [-0.1, -0.05) is 34.8 Å². The van der Waals surface area contributed by atoms with Gasteiger partial charge in [0.05, 0.1) is 15.6 Å². The van der Waals surface area contributed by atoms with Crippen molar-refractivity contribution < 1.29 is 17.9 Å². The first-order valence-electron chi connectivity index (χ1n) is 8.91. The number of hydrogen-bond donors (Lipinski definition) is 2. The molecular weight excluding hydrogens is 483 g/mol. The Labute approximate surface area is 195 Å². The number of carbonyl (C=O) groups excluding carboxylic acids is 1. The fraction of sp³-hybridized carbons (Fsp3) is 0.0952. The molecular formula is C21H17Cl3N2O4S. The summed E-state index contributed by atoms with van der Waals surface area (Å²) in [5.74, 6) is -0.0672. The summed E-state index contributed by atoms with van der Waals surface area (Å²) < 4.78 is 33.2. The van der Waals surface area contributed by atoms with Crippen LogP contribution in [0.3, 0.4) is 0 Å². The largest absolute Gasteiger partial charge is 0.483 e. The molecule has 0 spiro atoms. The summed E-state index contributed by atoms with van der Waals surface area (Å²) in [5, 5.41) is 3.89. The lowest BCUT2D eigenvalue weighted by atomic mass is 10.2. The van der Waals surface area contributed by atoms with E-state index in [2.05, 4.69) is 10.0 Å². The summed E-state index contributed by atoms with van der Waals surface area (Å²) in [7, 11) is -3.80. The predicted octanol–water partition coefficient (Wildman–Crippen LogP) is 5.77. The highest BCUT2D eigenvalue weighted by atomic mass is 35.5. The fourth-order valence-corrected chi connectivity index (χ4v) is 4.21. The van der Waals surface area contributed by atoms with Crippen LogP contribution in [0, 0.1) is 6.92 Å². The number of carbonyl (C=O) groups is 1. The monoisotopic (exact) mass is 498 g/mol. The van der Waals surface area contributed by atoms with Gasteiger partial charge in [0.15, 0.2) is 6.61 Å². The van der Waals surface area contributed by atoms with Crippen molar-refractivity contribution in [3.63, 3.8) is 0 Å².